The van der Waals surface area contributed by atoms with E-state index in [-0.39, 0.29) is 0 Å². The molecule has 0 aliphatic rings. The van der Waals surface area contributed by atoms with Crippen LogP contribution in [0.25, 0.3) is 22.3 Å². The monoisotopic (exact) mass is 422 g/mol. The standard InChI is InChI=1S/C22H12F6O2/c23-21(24,25)19(29)17-8-2-6-15(11-17)13-4-1-5-14(10-13)16-7-3-9-18(12-16)20(30)22(26,27)28/h1-12H. The molecule has 0 aliphatic carbocycles. The maximum absolute atomic E-state index is 12.7. The zero-order chi connectivity index (χ0) is 22.1. The smallest absolute Gasteiger partial charge is 0.284 e. The van der Waals surface area contributed by atoms with Crippen LogP contribution in [-0.4, -0.2) is 23.9 Å². The van der Waals surface area contributed by atoms with E-state index in [1.807, 2.05) is 0 Å². The molecular formula is C22H12F6O2. The molecule has 3 rings (SSSR count). The molecule has 0 bridgehead atoms. The number of carbonyl (C=O) groups excluding carboxylic acids is 2. The van der Waals surface area contributed by atoms with E-state index in [0.29, 0.717) is 22.3 Å². The van der Waals surface area contributed by atoms with E-state index in [4.69, 9.17) is 0 Å². The van der Waals surface area contributed by atoms with E-state index in [0.717, 1.165) is 24.3 Å². The molecule has 2 nitrogen and oxygen atoms in total. The number of rotatable bonds is 4. The highest BCUT2D eigenvalue weighted by atomic mass is 19.4. The van der Waals surface area contributed by atoms with Gasteiger partial charge in [-0.2, -0.15) is 26.3 Å². The van der Waals surface area contributed by atoms with Gasteiger partial charge in [0.1, 0.15) is 0 Å². The molecule has 0 heterocycles. The minimum Gasteiger partial charge on any atom is -0.284 e. The second kappa shape index (κ2) is 7.78. The summed E-state index contributed by atoms with van der Waals surface area (Å²) in [5.41, 5.74) is 0.518. The Bertz CT molecular complexity index is 1030. The summed E-state index contributed by atoms with van der Waals surface area (Å²) in [6.45, 7) is 0. The fourth-order valence-electron chi connectivity index (χ4n) is 2.89. The highest BCUT2D eigenvalue weighted by molar-refractivity contribution is 6.02. The first-order chi connectivity index (χ1) is 14.0. The Balaban J connectivity index is 1.99. The van der Waals surface area contributed by atoms with Crippen LogP contribution >= 0.6 is 0 Å². The molecule has 0 atom stereocenters. The molecule has 0 aromatic heterocycles. The van der Waals surface area contributed by atoms with Gasteiger partial charge >= 0.3 is 12.4 Å². The molecule has 0 amide bonds. The number of Topliss-reactive ketones (excluding diaryl/α,β-unsaturated/α-hetero) is 2. The SMILES string of the molecule is O=C(c1cccc(-c2cccc(-c3cccc(C(=O)C(F)(F)F)c3)c2)c1)C(F)(F)F. The van der Waals surface area contributed by atoms with Gasteiger partial charge in [-0.15, -0.1) is 0 Å². The van der Waals surface area contributed by atoms with E-state index >= 15 is 0 Å². The van der Waals surface area contributed by atoms with Crippen molar-refractivity contribution in [2.24, 2.45) is 0 Å². The van der Waals surface area contributed by atoms with E-state index in [1.165, 1.54) is 24.3 Å². The minimum absolute atomic E-state index is 0.328. The first-order valence-corrected chi connectivity index (χ1v) is 8.51. The van der Waals surface area contributed by atoms with Crippen molar-refractivity contribution in [2.45, 2.75) is 12.4 Å². The average Bonchev–Trinajstić information content (AvgIpc) is 2.71. The van der Waals surface area contributed by atoms with Crippen molar-refractivity contribution >= 4 is 11.6 Å². The quantitative estimate of drug-likeness (QED) is 0.355. The predicted octanol–water partition coefficient (Wildman–Crippen LogP) is 6.51. The second-order valence-corrected chi connectivity index (χ2v) is 6.40. The summed E-state index contributed by atoms with van der Waals surface area (Å²) in [6.07, 6.45) is -10.0. The molecule has 0 fully saturated rings. The van der Waals surface area contributed by atoms with Gasteiger partial charge in [-0.05, 0) is 40.5 Å². The predicted molar refractivity (Wildman–Crippen MR) is 98.1 cm³/mol. The third-order valence-electron chi connectivity index (χ3n) is 4.29. The maximum Gasteiger partial charge on any atom is 0.454 e. The van der Waals surface area contributed by atoms with Crippen molar-refractivity contribution in [1.82, 2.24) is 0 Å². The maximum atomic E-state index is 12.7. The molecule has 0 saturated heterocycles. The number of hydrogen-bond donors (Lipinski definition) is 0. The van der Waals surface area contributed by atoms with Crippen molar-refractivity contribution in [3.05, 3.63) is 83.9 Å². The zero-order valence-electron chi connectivity index (χ0n) is 15.0. The molecule has 0 N–H and O–H groups in total. The van der Waals surface area contributed by atoms with Crippen LogP contribution in [0.5, 0.6) is 0 Å². The molecule has 30 heavy (non-hydrogen) atoms. The summed E-state index contributed by atoms with van der Waals surface area (Å²) in [5.74, 6) is -3.95. The lowest BCUT2D eigenvalue weighted by atomic mass is 9.96. The van der Waals surface area contributed by atoms with Gasteiger partial charge in [0.05, 0.1) is 0 Å². The zero-order valence-corrected chi connectivity index (χ0v) is 15.0. The number of benzene rings is 3. The van der Waals surface area contributed by atoms with E-state index in [2.05, 4.69) is 0 Å². The van der Waals surface area contributed by atoms with Crippen LogP contribution in [0.3, 0.4) is 0 Å². The molecule has 0 saturated carbocycles. The van der Waals surface area contributed by atoms with Crippen LogP contribution in [0.1, 0.15) is 20.7 Å². The summed E-state index contributed by atoms with van der Waals surface area (Å²) in [5, 5.41) is 0. The Kier molecular flexibility index (Phi) is 5.52. The summed E-state index contributed by atoms with van der Waals surface area (Å²) >= 11 is 0. The lowest BCUT2D eigenvalue weighted by Crippen LogP contribution is -2.22. The lowest BCUT2D eigenvalue weighted by Gasteiger charge is -2.10. The van der Waals surface area contributed by atoms with Crippen LogP contribution in [0.2, 0.25) is 0 Å². The Morgan fingerprint density at radius 3 is 1.13 bits per heavy atom. The minimum atomic E-state index is -5.01. The molecule has 3 aromatic carbocycles. The van der Waals surface area contributed by atoms with Crippen molar-refractivity contribution < 1.29 is 35.9 Å². The highest BCUT2D eigenvalue weighted by Gasteiger charge is 2.40. The molecule has 3 aromatic rings. The van der Waals surface area contributed by atoms with Gasteiger partial charge in [0.2, 0.25) is 0 Å². The van der Waals surface area contributed by atoms with Gasteiger partial charge in [0.15, 0.2) is 0 Å². The van der Waals surface area contributed by atoms with Gasteiger partial charge in [-0.3, -0.25) is 9.59 Å². The van der Waals surface area contributed by atoms with E-state index < -0.39 is 35.0 Å². The molecule has 0 radical (unpaired) electrons. The Morgan fingerprint density at radius 1 is 0.500 bits per heavy atom. The van der Waals surface area contributed by atoms with E-state index in [1.54, 1.807) is 24.3 Å². The Labute approximate surface area is 166 Å². The molecule has 0 unspecified atom stereocenters. The van der Waals surface area contributed by atoms with Crippen LogP contribution in [0, 0.1) is 0 Å². The van der Waals surface area contributed by atoms with Crippen molar-refractivity contribution in [1.29, 1.82) is 0 Å². The van der Waals surface area contributed by atoms with Crippen molar-refractivity contribution in [3.8, 4) is 22.3 Å². The van der Waals surface area contributed by atoms with Crippen LogP contribution in [-0.2, 0) is 0 Å². The number of ketones is 2. The topological polar surface area (TPSA) is 34.1 Å². The van der Waals surface area contributed by atoms with Gasteiger partial charge in [0, 0.05) is 11.1 Å². The summed E-state index contributed by atoms with van der Waals surface area (Å²) < 4.78 is 76.1. The van der Waals surface area contributed by atoms with Gasteiger partial charge in [0.25, 0.3) is 11.6 Å². The lowest BCUT2D eigenvalue weighted by molar-refractivity contribution is -0.0888. The highest BCUT2D eigenvalue weighted by Crippen LogP contribution is 2.30. The Hall–Kier alpha value is -3.42. The number of alkyl halides is 6. The summed E-state index contributed by atoms with van der Waals surface area (Å²) in [6, 6.07) is 16.2. The fourth-order valence-corrected chi connectivity index (χ4v) is 2.89. The summed E-state index contributed by atoms with van der Waals surface area (Å²) in [4.78, 5) is 22.9. The number of carbonyl (C=O) groups is 2. The fraction of sp³-hybridized carbons (Fsp3) is 0.0909. The van der Waals surface area contributed by atoms with Crippen LogP contribution in [0.15, 0.2) is 72.8 Å². The van der Waals surface area contributed by atoms with Crippen molar-refractivity contribution in [2.75, 3.05) is 0 Å². The van der Waals surface area contributed by atoms with Crippen LogP contribution in [0.4, 0.5) is 26.3 Å². The number of halogens is 6. The second-order valence-electron chi connectivity index (χ2n) is 6.40. The van der Waals surface area contributed by atoms with Gasteiger partial charge < -0.3 is 0 Å². The van der Waals surface area contributed by atoms with Crippen molar-refractivity contribution in [3.63, 3.8) is 0 Å². The normalized spacial score (nSPS) is 11.9. The van der Waals surface area contributed by atoms with Crippen LogP contribution < -0.4 is 0 Å². The van der Waals surface area contributed by atoms with Gasteiger partial charge in [-0.1, -0.05) is 54.6 Å². The third kappa shape index (κ3) is 4.59. The largest absolute Gasteiger partial charge is 0.454 e. The van der Waals surface area contributed by atoms with Gasteiger partial charge in [-0.25, -0.2) is 0 Å². The molecule has 154 valence electrons. The third-order valence-corrected chi connectivity index (χ3v) is 4.29. The summed E-state index contributed by atoms with van der Waals surface area (Å²) in [7, 11) is 0. The first-order valence-electron chi connectivity index (χ1n) is 8.51. The molecular weight excluding hydrogens is 410 g/mol. The molecule has 0 aliphatic heterocycles. The molecule has 8 heteroatoms. The van der Waals surface area contributed by atoms with E-state index in [9.17, 15) is 35.9 Å². The Morgan fingerprint density at radius 2 is 0.800 bits per heavy atom. The molecule has 0 spiro atoms. The average molecular weight is 422 g/mol. The first kappa shape index (κ1) is 21.3. The number of hydrogen-bond acceptors (Lipinski definition) is 2.